The van der Waals surface area contributed by atoms with Crippen LogP contribution in [0.25, 0.3) is 0 Å². The lowest BCUT2D eigenvalue weighted by Crippen LogP contribution is -2.43. The number of hydrogen-bond donors (Lipinski definition) is 6. The molecule has 0 aromatic rings. The number of amides is 8. The first-order valence-corrected chi connectivity index (χ1v) is 42.5. The Morgan fingerprint density at radius 1 is 0.369 bits per heavy atom. The summed E-state index contributed by atoms with van der Waals surface area (Å²) in [6.07, 6.45) is 74.0. The zero-order chi connectivity index (χ0) is 82.7. The highest BCUT2D eigenvalue weighted by Crippen LogP contribution is 2.32. The van der Waals surface area contributed by atoms with Crippen molar-refractivity contribution < 1.29 is 38.4 Å². The van der Waals surface area contributed by atoms with E-state index in [0.29, 0.717) is 25.2 Å². The van der Waals surface area contributed by atoms with E-state index >= 15 is 0 Å². The summed E-state index contributed by atoms with van der Waals surface area (Å²) in [5.41, 5.74) is 6.89. The summed E-state index contributed by atoms with van der Waals surface area (Å²) in [5, 5.41) is 18.9. The predicted octanol–water partition coefficient (Wildman–Crippen LogP) is 17.5. The maximum absolute atomic E-state index is 13.0. The Kier molecular flexibility index (Phi) is 56.3. The molecule has 16 nitrogen and oxygen atoms in total. The van der Waals surface area contributed by atoms with Gasteiger partial charge in [-0.2, -0.15) is 0 Å². The lowest BCUT2D eigenvalue weighted by Gasteiger charge is -2.28. The van der Waals surface area contributed by atoms with Crippen molar-refractivity contribution in [1.82, 2.24) is 41.7 Å². The second kappa shape index (κ2) is 62.1. The van der Waals surface area contributed by atoms with Crippen LogP contribution in [-0.4, -0.2) is 107 Å². The lowest BCUT2D eigenvalue weighted by molar-refractivity contribution is -0.147. The van der Waals surface area contributed by atoms with Crippen LogP contribution in [0, 0.1) is 110 Å². The third kappa shape index (κ3) is 42.7. The molecule has 0 unspecified atom stereocenters. The first-order chi connectivity index (χ1) is 53.4. The van der Waals surface area contributed by atoms with E-state index in [1.54, 1.807) is 12.2 Å². The molecular formula is C95H146N8O8. The van der Waals surface area contributed by atoms with Crippen LogP contribution in [0.5, 0.6) is 0 Å². The molecule has 4 aliphatic rings. The van der Waals surface area contributed by atoms with Crippen LogP contribution >= 0.6 is 0 Å². The van der Waals surface area contributed by atoms with Gasteiger partial charge in [0.25, 0.3) is 11.8 Å². The van der Waals surface area contributed by atoms with Crippen molar-refractivity contribution in [1.29, 1.82) is 0 Å². The number of nitrogens with one attached hydrogen (secondary N) is 6. The molecule has 614 valence electrons. The number of allylic oxidation sites excluding steroid dienone is 2. The van der Waals surface area contributed by atoms with E-state index in [0.717, 1.165) is 286 Å². The van der Waals surface area contributed by atoms with Crippen LogP contribution in [0.2, 0.25) is 0 Å². The third-order valence-corrected chi connectivity index (χ3v) is 21.5. The molecule has 4 heterocycles. The number of rotatable bonds is 53. The molecule has 4 rings (SSSR count). The molecule has 0 bridgehead atoms. The monoisotopic (exact) mass is 1530 g/mol. The van der Waals surface area contributed by atoms with Gasteiger partial charge in [0.1, 0.15) is 0 Å². The second-order valence-electron chi connectivity index (χ2n) is 30.9. The fraction of sp³-hybridized carbons (Fsp3) is 0.663. The number of carbonyl (C=O) groups is 8. The lowest BCUT2D eigenvalue weighted by atomic mass is 9.97. The Labute approximate surface area is 674 Å². The van der Waals surface area contributed by atoms with Gasteiger partial charge in [0.05, 0.1) is 12.1 Å². The van der Waals surface area contributed by atoms with Crippen molar-refractivity contribution in [3.63, 3.8) is 0 Å². The van der Waals surface area contributed by atoms with Crippen LogP contribution in [0.1, 0.15) is 320 Å². The largest absolute Gasteiger partial charge is 0.379 e. The average molecular weight is 1530 g/mol. The highest BCUT2D eigenvalue weighted by atomic mass is 16.2. The van der Waals surface area contributed by atoms with E-state index < -0.39 is 0 Å². The van der Waals surface area contributed by atoms with E-state index in [4.69, 9.17) is 38.5 Å². The van der Waals surface area contributed by atoms with Gasteiger partial charge in [-0.3, -0.25) is 48.2 Å². The minimum Gasteiger partial charge on any atom is -0.379 e. The summed E-state index contributed by atoms with van der Waals surface area (Å²) >= 11 is 0. The Morgan fingerprint density at radius 3 is 0.901 bits per heavy atom. The van der Waals surface area contributed by atoms with Crippen molar-refractivity contribution in [2.24, 2.45) is 35.5 Å². The van der Waals surface area contributed by atoms with Gasteiger partial charge in [-0.1, -0.05) is 114 Å². The molecule has 0 radical (unpaired) electrons. The van der Waals surface area contributed by atoms with Gasteiger partial charge in [-0.25, -0.2) is 0 Å². The summed E-state index contributed by atoms with van der Waals surface area (Å²) in [4.78, 5) is 103. The first kappa shape index (κ1) is 101. The average Bonchev–Trinajstić information content (AvgIpc) is 1.67. The molecule has 0 saturated carbocycles. The number of imide groups is 2. The van der Waals surface area contributed by atoms with Crippen molar-refractivity contribution in [2.45, 2.75) is 344 Å². The molecule has 0 spiro atoms. The normalized spacial score (nSPS) is 17.5. The standard InChI is InChI=1S/2C28H42N2O3.C20H32N2O.C19H30N2O/c2*1-6-9-11-13-17-22(4)27(32)29-20-16-15-19-25-24(8-3)21-26(31)30(25)28(33)23(5)18-14-12-10-7-2;1-5-7-8-9-12-16(3)20(23)21-14-11-10-13-19-18(6-2)15-17(4)22-19;1-5-6-7-8-11-15(2)19(22)20-13-10-9-12-18-16(3)14-17(4)21-18/h2*1-2,21-23,25H,8-20H2,3-5H3,(H,29,32);1,15-16,19,22H,4,6-14H2,2-3H3,(H,21,23);1,14-15,18,21H,4,6-13H2,2-3H3,(H,20,22)/t22-,23+,25+;22-,23-,25-;16-,19+;15-,18-/m1010/s1. The Bertz CT molecular complexity index is 3130. The zero-order valence-electron chi connectivity index (χ0n) is 70.5. The molecule has 8 amide bonds. The summed E-state index contributed by atoms with van der Waals surface area (Å²) in [6.45, 7) is 30.7. The van der Waals surface area contributed by atoms with Crippen LogP contribution in [-0.2, 0) is 38.4 Å². The van der Waals surface area contributed by atoms with E-state index in [1.807, 2.05) is 55.4 Å². The molecule has 6 N–H and O–H groups in total. The molecule has 0 aliphatic carbocycles. The van der Waals surface area contributed by atoms with Gasteiger partial charge in [0, 0.05) is 136 Å². The molecule has 16 heteroatoms. The number of nitrogens with zero attached hydrogens (tertiary/aromatic N) is 2. The Morgan fingerprint density at radius 2 is 0.631 bits per heavy atom. The molecule has 0 aromatic carbocycles. The molecular weight excluding hydrogens is 1380 g/mol. The van der Waals surface area contributed by atoms with Crippen molar-refractivity contribution >= 4 is 47.3 Å². The fourth-order valence-electron chi connectivity index (χ4n) is 14.2. The molecule has 111 heavy (non-hydrogen) atoms. The fourth-order valence-corrected chi connectivity index (χ4v) is 14.2. The van der Waals surface area contributed by atoms with E-state index in [2.05, 4.69) is 107 Å². The maximum Gasteiger partial charge on any atom is 0.253 e. The van der Waals surface area contributed by atoms with Gasteiger partial charge in [0.15, 0.2) is 0 Å². The maximum atomic E-state index is 13.0. The Hall–Kier alpha value is -8.44. The summed E-state index contributed by atoms with van der Waals surface area (Å²) in [6, 6.07) is 0.555. The smallest absolute Gasteiger partial charge is 0.253 e. The summed E-state index contributed by atoms with van der Waals surface area (Å²) in [7, 11) is 0. The number of terminal acetylenes is 6. The number of carbonyl (C=O) groups excluding carboxylic acids is 8. The third-order valence-electron chi connectivity index (χ3n) is 21.5. The van der Waals surface area contributed by atoms with Crippen LogP contribution in [0.15, 0.2) is 71.1 Å². The quantitative estimate of drug-likeness (QED) is 0.0250. The first-order valence-electron chi connectivity index (χ1n) is 42.5. The number of hydrogen-bond acceptors (Lipinski definition) is 10. The van der Waals surface area contributed by atoms with Crippen molar-refractivity contribution in [3.8, 4) is 74.1 Å². The number of unbranched alkanes of at least 4 members (excludes halogenated alkanes) is 16. The van der Waals surface area contributed by atoms with Crippen molar-refractivity contribution in [3.05, 3.63) is 71.1 Å². The summed E-state index contributed by atoms with van der Waals surface area (Å²) < 4.78 is 0. The highest BCUT2D eigenvalue weighted by Gasteiger charge is 2.39. The van der Waals surface area contributed by atoms with E-state index in [-0.39, 0.29) is 94.8 Å². The molecule has 4 aliphatic heterocycles. The zero-order valence-corrected chi connectivity index (χ0v) is 70.5. The minimum atomic E-state index is -0.194. The van der Waals surface area contributed by atoms with Gasteiger partial charge < -0.3 is 31.9 Å². The van der Waals surface area contributed by atoms with E-state index in [1.165, 1.54) is 20.9 Å². The predicted molar refractivity (Wildman–Crippen MR) is 459 cm³/mol. The topological polar surface area (TPSA) is 215 Å². The molecule has 0 fully saturated rings. The van der Waals surface area contributed by atoms with Crippen molar-refractivity contribution in [2.75, 3.05) is 26.2 Å². The highest BCUT2D eigenvalue weighted by molar-refractivity contribution is 6.05. The van der Waals surface area contributed by atoms with Crippen LogP contribution < -0.4 is 31.9 Å². The SMILES string of the molecule is C#CCCCC[C@@H](C)C(=O)NCCCC[C@@H]1NC(=C)C=C1CC.C#CCCCC[C@@H](C)C(=O)NCCCC[C@H]1C(CC)=CC(=O)N1C(=O)[C@@H](C)CCCCC#C.C#CCCCC[C@H](C)C(=O)NCCCC[C@@H]1NC(=C)C=C1C.C#CCCCC[C@H](C)C(=O)NCCCC[C@H]1C(CC)=CC(=O)N1C(=O)[C@@H](C)CCCCC#C. The van der Waals surface area contributed by atoms with E-state index in [9.17, 15) is 38.4 Å². The van der Waals surface area contributed by atoms with Crippen LogP contribution in [0.3, 0.4) is 0 Å². The van der Waals surface area contributed by atoms with Crippen LogP contribution in [0.4, 0.5) is 0 Å². The van der Waals surface area contributed by atoms with Gasteiger partial charge in [-0.05, 0) is 215 Å². The molecule has 10 atom stereocenters. The van der Waals surface area contributed by atoms with Gasteiger partial charge >= 0.3 is 0 Å². The second-order valence-corrected chi connectivity index (χ2v) is 30.9. The molecule has 0 saturated heterocycles. The Balaban J connectivity index is 0.000000752. The summed E-state index contributed by atoms with van der Waals surface area (Å²) in [5.74, 6) is 15.5. The molecule has 0 aromatic heterocycles. The van der Waals surface area contributed by atoms with Gasteiger partial charge in [0.2, 0.25) is 35.4 Å². The van der Waals surface area contributed by atoms with Gasteiger partial charge in [-0.15, -0.1) is 74.1 Å². The minimum absolute atomic E-state index is 0.0138.